The van der Waals surface area contributed by atoms with Crippen LogP contribution in [0.3, 0.4) is 0 Å². The van der Waals surface area contributed by atoms with E-state index in [1.165, 1.54) is 35.8 Å². The van der Waals surface area contributed by atoms with E-state index in [2.05, 4.69) is 10.1 Å². The van der Waals surface area contributed by atoms with Gasteiger partial charge in [-0.05, 0) is 37.8 Å². The van der Waals surface area contributed by atoms with E-state index < -0.39 is 15.8 Å². The molecule has 1 saturated heterocycles. The second-order valence-corrected chi connectivity index (χ2v) is 7.76. The molecular formula is C15H19FN4O2S. The molecule has 1 aromatic heterocycles. The molecule has 6 nitrogen and oxygen atoms in total. The molecule has 0 bridgehead atoms. The molecule has 23 heavy (non-hydrogen) atoms. The van der Waals surface area contributed by atoms with Gasteiger partial charge in [-0.1, -0.05) is 6.07 Å². The van der Waals surface area contributed by atoms with Crippen molar-refractivity contribution in [1.29, 1.82) is 0 Å². The van der Waals surface area contributed by atoms with Gasteiger partial charge < -0.3 is 0 Å². The third kappa shape index (κ3) is 3.28. The fourth-order valence-corrected chi connectivity index (χ4v) is 4.78. The molecule has 0 amide bonds. The third-order valence-electron chi connectivity index (χ3n) is 4.23. The van der Waals surface area contributed by atoms with Gasteiger partial charge in [-0.3, -0.25) is 4.68 Å². The lowest BCUT2D eigenvalue weighted by molar-refractivity contribution is 0.239. The van der Waals surface area contributed by atoms with Crippen molar-refractivity contribution in [3.63, 3.8) is 0 Å². The number of rotatable bonds is 4. The lowest BCUT2D eigenvalue weighted by atomic mass is 10.00. The minimum atomic E-state index is -3.68. The number of hydrogen-bond donors (Lipinski definition) is 0. The fourth-order valence-electron chi connectivity index (χ4n) is 2.99. The van der Waals surface area contributed by atoms with Crippen LogP contribution in [0.25, 0.3) is 0 Å². The minimum absolute atomic E-state index is 0.0545. The quantitative estimate of drug-likeness (QED) is 0.853. The molecule has 124 valence electrons. The molecular weight excluding hydrogens is 319 g/mol. The molecule has 0 radical (unpaired) electrons. The van der Waals surface area contributed by atoms with Crippen LogP contribution in [0.15, 0.2) is 35.7 Å². The van der Waals surface area contributed by atoms with E-state index >= 15 is 0 Å². The van der Waals surface area contributed by atoms with Gasteiger partial charge in [0.25, 0.3) is 0 Å². The Morgan fingerprint density at radius 1 is 1.39 bits per heavy atom. The van der Waals surface area contributed by atoms with Gasteiger partial charge in [-0.25, -0.2) is 17.8 Å². The number of halogens is 1. The lowest BCUT2D eigenvalue weighted by Gasteiger charge is -2.32. The van der Waals surface area contributed by atoms with E-state index in [0.717, 1.165) is 12.8 Å². The zero-order valence-electron chi connectivity index (χ0n) is 12.9. The van der Waals surface area contributed by atoms with Crippen molar-refractivity contribution in [1.82, 2.24) is 19.1 Å². The maximum absolute atomic E-state index is 13.7. The average Bonchev–Trinajstić information content (AvgIpc) is 3.03. The predicted octanol–water partition coefficient (Wildman–Crippen LogP) is 1.83. The van der Waals surface area contributed by atoms with Gasteiger partial charge in [0.1, 0.15) is 18.5 Å². The largest absolute Gasteiger partial charge is 0.253 e. The smallest absolute Gasteiger partial charge is 0.243 e. The van der Waals surface area contributed by atoms with Gasteiger partial charge in [0.2, 0.25) is 10.0 Å². The van der Waals surface area contributed by atoms with Crippen LogP contribution >= 0.6 is 0 Å². The van der Waals surface area contributed by atoms with Crippen molar-refractivity contribution in [2.75, 3.05) is 13.1 Å². The zero-order valence-corrected chi connectivity index (χ0v) is 13.7. The summed E-state index contributed by atoms with van der Waals surface area (Å²) in [5.74, 6) is -0.323. The van der Waals surface area contributed by atoms with Crippen LogP contribution in [0.2, 0.25) is 0 Å². The molecule has 0 aliphatic carbocycles. The Morgan fingerprint density at radius 3 is 2.96 bits per heavy atom. The first-order chi connectivity index (χ1) is 11.0. The first-order valence-corrected chi connectivity index (χ1v) is 9.00. The molecule has 2 heterocycles. The monoisotopic (exact) mass is 338 g/mol. The molecule has 1 unspecified atom stereocenters. The van der Waals surface area contributed by atoms with Gasteiger partial charge in [-0.2, -0.15) is 9.40 Å². The van der Waals surface area contributed by atoms with Crippen molar-refractivity contribution in [2.24, 2.45) is 5.92 Å². The zero-order chi connectivity index (χ0) is 16.4. The van der Waals surface area contributed by atoms with Crippen LogP contribution in [-0.2, 0) is 16.6 Å². The topological polar surface area (TPSA) is 68.1 Å². The maximum Gasteiger partial charge on any atom is 0.243 e. The van der Waals surface area contributed by atoms with Gasteiger partial charge >= 0.3 is 0 Å². The van der Waals surface area contributed by atoms with Gasteiger partial charge in [0.15, 0.2) is 0 Å². The Labute approximate surface area is 135 Å². The van der Waals surface area contributed by atoms with E-state index in [4.69, 9.17) is 0 Å². The number of benzene rings is 1. The van der Waals surface area contributed by atoms with E-state index in [1.54, 1.807) is 11.0 Å². The van der Waals surface area contributed by atoms with Crippen molar-refractivity contribution in [2.45, 2.75) is 31.2 Å². The minimum Gasteiger partial charge on any atom is -0.253 e. The molecule has 1 aromatic carbocycles. The summed E-state index contributed by atoms with van der Waals surface area (Å²) >= 11 is 0. The van der Waals surface area contributed by atoms with Crippen LogP contribution in [-0.4, -0.2) is 40.6 Å². The lowest BCUT2D eigenvalue weighted by Crippen LogP contribution is -2.41. The summed E-state index contributed by atoms with van der Waals surface area (Å²) in [5, 5.41) is 4.07. The van der Waals surface area contributed by atoms with Gasteiger partial charge in [0, 0.05) is 25.2 Å². The highest BCUT2D eigenvalue weighted by Crippen LogP contribution is 2.27. The molecule has 0 N–H and O–H groups in total. The first-order valence-electron chi connectivity index (χ1n) is 7.56. The standard InChI is InChI=1S/C15H19FN4O2S/c1-12-14(16)5-2-6-15(12)23(21,22)20-7-3-4-13(9-20)8-19-11-17-10-18-19/h2,5-6,10-11,13H,3-4,7-9H2,1H3. The van der Waals surface area contributed by atoms with Crippen molar-refractivity contribution in [3.8, 4) is 0 Å². The number of sulfonamides is 1. The summed E-state index contributed by atoms with van der Waals surface area (Å²) in [4.78, 5) is 3.96. The van der Waals surface area contributed by atoms with Crippen molar-refractivity contribution >= 4 is 10.0 Å². The van der Waals surface area contributed by atoms with E-state index in [1.807, 2.05) is 0 Å². The van der Waals surface area contributed by atoms with Crippen molar-refractivity contribution in [3.05, 3.63) is 42.2 Å². The third-order valence-corrected chi connectivity index (χ3v) is 6.24. The van der Waals surface area contributed by atoms with Gasteiger partial charge in [-0.15, -0.1) is 0 Å². The Balaban J connectivity index is 1.81. The predicted molar refractivity (Wildman–Crippen MR) is 82.6 cm³/mol. The highest BCUT2D eigenvalue weighted by Gasteiger charge is 2.31. The van der Waals surface area contributed by atoms with Crippen LogP contribution in [0.5, 0.6) is 0 Å². The number of piperidine rings is 1. The summed E-state index contributed by atoms with van der Waals surface area (Å²) in [6.07, 6.45) is 4.82. The summed E-state index contributed by atoms with van der Waals surface area (Å²) in [7, 11) is -3.68. The molecule has 1 aliphatic heterocycles. The van der Waals surface area contributed by atoms with E-state index in [9.17, 15) is 12.8 Å². The fraction of sp³-hybridized carbons (Fsp3) is 0.467. The Bertz CT molecular complexity index is 777. The molecule has 2 aromatic rings. The summed E-state index contributed by atoms with van der Waals surface area (Å²) < 4.78 is 42.5. The molecule has 3 rings (SSSR count). The molecule has 0 spiro atoms. The molecule has 1 atom stereocenters. The number of hydrogen-bond acceptors (Lipinski definition) is 4. The van der Waals surface area contributed by atoms with E-state index in [-0.39, 0.29) is 16.4 Å². The van der Waals surface area contributed by atoms with Crippen LogP contribution < -0.4 is 0 Å². The van der Waals surface area contributed by atoms with Crippen LogP contribution in [0.4, 0.5) is 4.39 Å². The van der Waals surface area contributed by atoms with Crippen LogP contribution in [0, 0.1) is 18.7 Å². The highest BCUT2D eigenvalue weighted by molar-refractivity contribution is 7.89. The second kappa shape index (κ2) is 6.37. The van der Waals surface area contributed by atoms with Crippen LogP contribution in [0.1, 0.15) is 18.4 Å². The van der Waals surface area contributed by atoms with Crippen molar-refractivity contribution < 1.29 is 12.8 Å². The number of aromatic nitrogens is 3. The Hall–Kier alpha value is -1.80. The summed E-state index contributed by atoms with van der Waals surface area (Å²) in [6.45, 7) is 3.01. The first kappa shape index (κ1) is 16.1. The summed E-state index contributed by atoms with van der Waals surface area (Å²) in [6, 6.07) is 4.18. The highest BCUT2D eigenvalue weighted by atomic mass is 32.2. The molecule has 8 heteroatoms. The Morgan fingerprint density at radius 2 is 2.22 bits per heavy atom. The SMILES string of the molecule is Cc1c(F)cccc1S(=O)(=O)N1CCCC(Cn2cncn2)C1. The van der Waals surface area contributed by atoms with Gasteiger partial charge in [0.05, 0.1) is 4.90 Å². The Kier molecular flexibility index (Phi) is 4.45. The summed E-state index contributed by atoms with van der Waals surface area (Å²) in [5.41, 5.74) is 0.172. The normalized spacial score (nSPS) is 19.8. The second-order valence-electron chi connectivity index (χ2n) is 5.85. The average molecular weight is 338 g/mol. The maximum atomic E-state index is 13.7. The number of nitrogens with zero attached hydrogens (tertiary/aromatic N) is 4. The van der Waals surface area contributed by atoms with E-state index in [0.29, 0.717) is 19.6 Å². The molecule has 0 saturated carbocycles. The molecule has 1 fully saturated rings. The molecule has 1 aliphatic rings.